The van der Waals surface area contributed by atoms with Crippen molar-refractivity contribution in [2.75, 3.05) is 6.54 Å². The Balaban J connectivity index is 2.24. The molecule has 0 saturated carbocycles. The van der Waals surface area contributed by atoms with Gasteiger partial charge in [0.15, 0.2) is 0 Å². The van der Waals surface area contributed by atoms with E-state index < -0.39 is 0 Å². The summed E-state index contributed by atoms with van der Waals surface area (Å²) in [7, 11) is 0. The summed E-state index contributed by atoms with van der Waals surface area (Å²) in [6, 6.07) is 7.74. The molecule has 1 aromatic rings. The minimum atomic E-state index is 0.0503. The molecule has 0 saturated heterocycles. The van der Waals surface area contributed by atoms with Gasteiger partial charge in [0, 0.05) is 24.0 Å². The van der Waals surface area contributed by atoms with E-state index in [4.69, 9.17) is 17.3 Å². The van der Waals surface area contributed by atoms with Gasteiger partial charge in [0.1, 0.15) is 0 Å². The number of hydrogen-bond acceptors (Lipinski definition) is 2. The maximum atomic E-state index is 11.4. The second kappa shape index (κ2) is 7.30. The molecule has 0 fully saturated rings. The number of carbonyl (C=O) groups excluding carboxylic acids is 1. The monoisotopic (exact) mass is 254 g/mol. The fourth-order valence-corrected chi connectivity index (χ4v) is 1.72. The minimum Gasteiger partial charge on any atom is -0.356 e. The van der Waals surface area contributed by atoms with Crippen LogP contribution in [0, 0.1) is 0 Å². The van der Waals surface area contributed by atoms with Crippen molar-refractivity contribution in [2.45, 2.75) is 32.2 Å². The molecule has 0 aliphatic carbocycles. The average Bonchev–Trinajstić information content (AvgIpc) is 2.29. The summed E-state index contributed by atoms with van der Waals surface area (Å²) in [4.78, 5) is 11.4. The van der Waals surface area contributed by atoms with Gasteiger partial charge in [-0.2, -0.15) is 0 Å². The summed E-state index contributed by atoms with van der Waals surface area (Å²) >= 11 is 6.01. The van der Waals surface area contributed by atoms with Crippen molar-refractivity contribution in [3.05, 3.63) is 34.9 Å². The number of amides is 1. The minimum absolute atomic E-state index is 0.0503. The molecule has 0 spiro atoms. The first kappa shape index (κ1) is 14.0. The number of halogens is 1. The molecule has 0 heterocycles. The molecule has 1 atom stereocenters. The van der Waals surface area contributed by atoms with E-state index in [1.54, 1.807) is 0 Å². The van der Waals surface area contributed by atoms with E-state index >= 15 is 0 Å². The van der Waals surface area contributed by atoms with Crippen molar-refractivity contribution < 1.29 is 4.79 Å². The lowest BCUT2D eigenvalue weighted by Crippen LogP contribution is -2.27. The molecule has 0 aromatic heterocycles. The first-order chi connectivity index (χ1) is 8.09. The molecule has 0 aliphatic rings. The second-order valence-electron chi connectivity index (χ2n) is 4.21. The van der Waals surface area contributed by atoms with Gasteiger partial charge in [-0.25, -0.2) is 0 Å². The van der Waals surface area contributed by atoms with Crippen LogP contribution in [-0.2, 0) is 11.2 Å². The predicted molar refractivity (Wildman–Crippen MR) is 71.0 cm³/mol. The zero-order valence-electron chi connectivity index (χ0n) is 10.1. The maximum Gasteiger partial charge on any atom is 0.220 e. The van der Waals surface area contributed by atoms with Gasteiger partial charge in [-0.3, -0.25) is 4.79 Å². The Labute approximate surface area is 107 Å². The van der Waals surface area contributed by atoms with Crippen molar-refractivity contribution >= 4 is 17.5 Å². The van der Waals surface area contributed by atoms with Gasteiger partial charge in [-0.15, -0.1) is 0 Å². The van der Waals surface area contributed by atoms with Gasteiger partial charge >= 0.3 is 0 Å². The number of benzene rings is 1. The van der Waals surface area contributed by atoms with Gasteiger partial charge in [0.05, 0.1) is 0 Å². The van der Waals surface area contributed by atoms with E-state index in [-0.39, 0.29) is 11.9 Å². The van der Waals surface area contributed by atoms with Gasteiger partial charge < -0.3 is 11.1 Å². The van der Waals surface area contributed by atoms with Crippen molar-refractivity contribution in [2.24, 2.45) is 5.73 Å². The highest BCUT2D eigenvalue weighted by Gasteiger charge is 2.04. The second-order valence-corrected chi connectivity index (χ2v) is 4.61. The van der Waals surface area contributed by atoms with Crippen LogP contribution >= 0.6 is 11.6 Å². The summed E-state index contributed by atoms with van der Waals surface area (Å²) in [5, 5.41) is 3.61. The normalized spacial score (nSPS) is 12.2. The van der Waals surface area contributed by atoms with Gasteiger partial charge in [-0.1, -0.05) is 29.8 Å². The molecule has 94 valence electrons. The third-order valence-corrected chi connectivity index (χ3v) is 2.87. The molecular weight excluding hydrogens is 236 g/mol. The van der Waals surface area contributed by atoms with E-state index in [1.807, 2.05) is 31.2 Å². The van der Waals surface area contributed by atoms with Crippen molar-refractivity contribution in [3.63, 3.8) is 0 Å². The Hall–Kier alpha value is -1.06. The molecular formula is C13H19ClN2O. The molecule has 1 rings (SSSR count). The zero-order chi connectivity index (χ0) is 12.7. The molecule has 0 bridgehead atoms. The Morgan fingerprint density at radius 3 is 2.82 bits per heavy atom. The van der Waals surface area contributed by atoms with Crippen LogP contribution in [0.1, 0.15) is 25.3 Å². The smallest absolute Gasteiger partial charge is 0.220 e. The van der Waals surface area contributed by atoms with Gasteiger partial charge in [-0.05, 0) is 31.4 Å². The summed E-state index contributed by atoms with van der Waals surface area (Å²) in [6.45, 7) is 2.51. The van der Waals surface area contributed by atoms with Crippen LogP contribution in [-0.4, -0.2) is 18.5 Å². The fraction of sp³-hybridized carbons (Fsp3) is 0.462. The van der Waals surface area contributed by atoms with E-state index in [9.17, 15) is 4.79 Å². The van der Waals surface area contributed by atoms with E-state index in [0.29, 0.717) is 13.0 Å². The number of hydrogen-bond donors (Lipinski definition) is 2. The molecule has 0 radical (unpaired) electrons. The number of nitrogens with one attached hydrogen (secondary N) is 1. The predicted octanol–water partition coefficient (Wildman–Crippen LogP) is 2.13. The van der Waals surface area contributed by atoms with Crippen molar-refractivity contribution in [1.29, 1.82) is 0 Å². The quantitative estimate of drug-likeness (QED) is 0.817. The topological polar surface area (TPSA) is 55.1 Å². The average molecular weight is 255 g/mol. The molecule has 17 heavy (non-hydrogen) atoms. The molecule has 1 unspecified atom stereocenters. The maximum absolute atomic E-state index is 11.4. The highest BCUT2D eigenvalue weighted by molar-refractivity contribution is 6.31. The Kier molecular flexibility index (Phi) is 6.01. The number of rotatable bonds is 6. The third-order valence-electron chi connectivity index (χ3n) is 2.50. The van der Waals surface area contributed by atoms with Crippen LogP contribution in [0.4, 0.5) is 0 Å². The Morgan fingerprint density at radius 2 is 2.18 bits per heavy atom. The first-order valence-corrected chi connectivity index (χ1v) is 6.23. The van der Waals surface area contributed by atoms with Crippen LogP contribution in [0.5, 0.6) is 0 Å². The largest absolute Gasteiger partial charge is 0.356 e. The molecule has 3 nitrogen and oxygen atoms in total. The standard InChI is InChI=1S/C13H19ClN2O/c1-10(15)6-7-13(17)16-9-8-11-4-2-3-5-12(11)14/h2-5,10H,6-9,15H2,1H3,(H,16,17). The summed E-state index contributed by atoms with van der Waals surface area (Å²) in [5.41, 5.74) is 6.64. The number of nitrogens with two attached hydrogens (primary N) is 1. The van der Waals surface area contributed by atoms with E-state index in [0.717, 1.165) is 23.4 Å². The third kappa shape index (κ3) is 5.71. The Bertz CT molecular complexity index is 366. The molecule has 1 aromatic carbocycles. The highest BCUT2D eigenvalue weighted by atomic mass is 35.5. The number of carbonyl (C=O) groups is 1. The van der Waals surface area contributed by atoms with Gasteiger partial charge in [0.25, 0.3) is 0 Å². The summed E-state index contributed by atoms with van der Waals surface area (Å²) in [6.07, 6.45) is 1.96. The molecule has 0 aliphatic heterocycles. The van der Waals surface area contributed by atoms with Crippen LogP contribution in [0.3, 0.4) is 0 Å². The lowest BCUT2D eigenvalue weighted by molar-refractivity contribution is -0.121. The summed E-state index contributed by atoms with van der Waals surface area (Å²) < 4.78 is 0. The fourth-order valence-electron chi connectivity index (χ4n) is 1.48. The molecule has 3 N–H and O–H groups in total. The molecule has 4 heteroatoms. The van der Waals surface area contributed by atoms with Crippen molar-refractivity contribution in [1.82, 2.24) is 5.32 Å². The molecule has 1 amide bonds. The van der Waals surface area contributed by atoms with Gasteiger partial charge in [0.2, 0.25) is 5.91 Å². The first-order valence-electron chi connectivity index (χ1n) is 5.85. The zero-order valence-corrected chi connectivity index (χ0v) is 10.8. The van der Waals surface area contributed by atoms with Crippen LogP contribution < -0.4 is 11.1 Å². The summed E-state index contributed by atoms with van der Waals surface area (Å²) in [5.74, 6) is 0.0503. The lowest BCUT2D eigenvalue weighted by atomic mass is 10.1. The van der Waals surface area contributed by atoms with Crippen LogP contribution in [0.2, 0.25) is 5.02 Å². The van der Waals surface area contributed by atoms with Crippen molar-refractivity contribution in [3.8, 4) is 0 Å². The lowest BCUT2D eigenvalue weighted by Gasteiger charge is -2.07. The van der Waals surface area contributed by atoms with E-state index in [2.05, 4.69) is 5.32 Å². The van der Waals surface area contributed by atoms with Crippen LogP contribution in [0.25, 0.3) is 0 Å². The van der Waals surface area contributed by atoms with Crippen LogP contribution in [0.15, 0.2) is 24.3 Å². The highest BCUT2D eigenvalue weighted by Crippen LogP contribution is 2.14. The SMILES string of the molecule is CC(N)CCC(=O)NCCc1ccccc1Cl. The Morgan fingerprint density at radius 1 is 1.47 bits per heavy atom. The van der Waals surface area contributed by atoms with E-state index in [1.165, 1.54) is 0 Å².